The first kappa shape index (κ1) is 13.3. The van der Waals surface area contributed by atoms with Gasteiger partial charge in [0, 0.05) is 12.3 Å². The van der Waals surface area contributed by atoms with Crippen LogP contribution >= 0.6 is 0 Å². The topological polar surface area (TPSA) is 46.2 Å². The molecule has 0 radical (unpaired) electrons. The predicted octanol–water partition coefficient (Wildman–Crippen LogP) is 2.62. The molecule has 1 fully saturated rings. The number of nitrogens with one attached hydrogen (secondary N) is 1. The van der Waals surface area contributed by atoms with Crippen LogP contribution < -0.4 is 5.32 Å². The molecule has 1 aromatic carbocycles. The van der Waals surface area contributed by atoms with E-state index in [4.69, 9.17) is 0 Å². The first-order chi connectivity index (χ1) is 9.64. The summed E-state index contributed by atoms with van der Waals surface area (Å²) < 4.78 is 0. The third-order valence-corrected chi connectivity index (χ3v) is 4.96. The van der Waals surface area contributed by atoms with Gasteiger partial charge in [0.25, 0.3) is 0 Å². The lowest BCUT2D eigenvalue weighted by Gasteiger charge is -2.45. The van der Waals surface area contributed by atoms with Crippen molar-refractivity contribution in [1.29, 1.82) is 0 Å². The molecule has 0 aromatic heterocycles. The Balaban J connectivity index is 1.96. The number of aryl methyl sites for hydroxylation is 1. The summed E-state index contributed by atoms with van der Waals surface area (Å²) in [5.41, 5.74) is 2.55. The van der Waals surface area contributed by atoms with Crippen LogP contribution in [-0.2, 0) is 22.4 Å². The zero-order valence-corrected chi connectivity index (χ0v) is 11.9. The van der Waals surface area contributed by atoms with E-state index < -0.39 is 0 Å². The number of hydrogen-bond donors (Lipinski definition) is 1. The third kappa shape index (κ3) is 2.15. The smallest absolute Gasteiger partial charge is 0.230 e. The molecule has 2 atom stereocenters. The third-order valence-electron chi connectivity index (χ3n) is 4.96. The van der Waals surface area contributed by atoms with Crippen molar-refractivity contribution in [2.75, 3.05) is 0 Å². The van der Waals surface area contributed by atoms with Gasteiger partial charge in [-0.25, -0.2) is 0 Å². The summed E-state index contributed by atoms with van der Waals surface area (Å²) in [5.74, 6) is -0.164. The van der Waals surface area contributed by atoms with Crippen LogP contribution in [0, 0.1) is 11.3 Å². The fourth-order valence-electron chi connectivity index (χ4n) is 3.99. The Morgan fingerprint density at radius 2 is 1.95 bits per heavy atom. The van der Waals surface area contributed by atoms with Gasteiger partial charge in [0.05, 0.1) is 0 Å². The SMILES string of the molecule is CCCC1C(=O)NC(=O)CC12CCc1ccccc1C2. The van der Waals surface area contributed by atoms with E-state index in [1.54, 1.807) is 0 Å². The van der Waals surface area contributed by atoms with Crippen LogP contribution in [0.3, 0.4) is 0 Å². The van der Waals surface area contributed by atoms with Gasteiger partial charge in [-0.15, -0.1) is 0 Å². The van der Waals surface area contributed by atoms with Crippen molar-refractivity contribution in [3.05, 3.63) is 35.4 Å². The summed E-state index contributed by atoms with van der Waals surface area (Å²) in [4.78, 5) is 24.1. The molecule has 1 spiro atoms. The van der Waals surface area contributed by atoms with Crippen molar-refractivity contribution < 1.29 is 9.59 Å². The number of benzene rings is 1. The summed E-state index contributed by atoms with van der Waals surface area (Å²) >= 11 is 0. The van der Waals surface area contributed by atoms with E-state index in [1.165, 1.54) is 11.1 Å². The van der Waals surface area contributed by atoms with Crippen molar-refractivity contribution in [1.82, 2.24) is 5.32 Å². The summed E-state index contributed by atoms with van der Waals surface area (Å²) in [6.45, 7) is 2.11. The van der Waals surface area contributed by atoms with Gasteiger partial charge in [-0.05, 0) is 42.2 Å². The highest BCUT2D eigenvalue weighted by atomic mass is 16.2. The van der Waals surface area contributed by atoms with Crippen LogP contribution in [-0.4, -0.2) is 11.8 Å². The first-order valence-electron chi connectivity index (χ1n) is 7.55. The van der Waals surface area contributed by atoms with Gasteiger partial charge < -0.3 is 0 Å². The molecule has 106 valence electrons. The molecule has 1 aliphatic heterocycles. The highest BCUT2D eigenvalue weighted by molar-refractivity contribution is 5.99. The van der Waals surface area contributed by atoms with Crippen molar-refractivity contribution in [2.24, 2.45) is 11.3 Å². The molecule has 0 saturated carbocycles. The molecule has 3 heteroatoms. The van der Waals surface area contributed by atoms with Gasteiger partial charge in [-0.2, -0.15) is 0 Å². The fraction of sp³-hybridized carbons (Fsp3) is 0.529. The van der Waals surface area contributed by atoms with Crippen molar-refractivity contribution in [3.8, 4) is 0 Å². The van der Waals surface area contributed by atoms with Gasteiger partial charge in [0.2, 0.25) is 11.8 Å². The first-order valence-corrected chi connectivity index (χ1v) is 7.55. The summed E-state index contributed by atoms with van der Waals surface area (Å²) in [6, 6.07) is 8.44. The maximum Gasteiger partial charge on any atom is 0.230 e. The Bertz CT molecular complexity index is 552. The quantitative estimate of drug-likeness (QED) is 0.840. The Morgan fingerprint density at radius 3 is 2.70 bits per heavy atom. The van der Waals surface area contributed by atoms with Crippen LogP contribution in [0.25, 0.3) is 0 Å². The van der Waals surface area contributed by atoms with E-state index >= 15 is 0 Å². The molecule has 2 aliphatic rings. The highest BCUT2D eigenvalue weighted by Gasteiger charge is 2.48. The van der Waals surface area contributed by atoms with Gasteiger partial charge in [-0.3, -0.25) is 14.9 Å². The summed E-state index contributed by atoms with van der Waals surface area (Å²) in [7, 11) is 0. The molecular formula is C17H21NO2. The number of piperidine rings is 1. The number of carbonyl (C=O) groups excluding carboxylic acids is 2. The van der Waals surface area contributed by atoms with Crippen LogP contribution in [0.15, 0.2) is 24.3 Å². The second-order valence-corrected chi connectivity index (χ2v) is 6.24. The molecule has 20 heavy (non-hydrogen) atoms. The van der Waals surface area contributed by atoms with E-state index in [0.29, 0.717) is 6.42 Å². The standard InChI is InChI=1S/C17H21NO2/c1-2-5-14-16(20)18-15(19)11-17(14)9-8-12-6-3-4-7-13(12)10-17/h3-4,6-7,14H,2,5,8-11H2,1H3,(H,18,19,20). The Kier molecular flexibility index (Phi) is 3.36. The minimum absolute atomic E-state index is 0.0152. The lowest BCUT2D eigenvalue weighted by Crippen LogP contribution is -2.54. The van der Waals surface area contributed by atoms with Gasteiger partial charge in [0.15, 0.2) is 0 Å². The monoisotopic (exact) mass is 271 g/mol. The van der Waals surface area contributed by atoms with Gasteiger partial charge in [0.1, 0.15) is 0 Å². The van der Waals surface area contributed by atoms with E-state index in [2.05, 4.69) is 36.5 Å². The van der Waals surface area contributed by atoms with Crippen LogP contribution in [0.2, 0.25) is 0 Å². The van der Waals surface area contributed by atoms with Crippen LogP contribution in [0.5, 0.6) is 0 Å². The summed E-state index contributed by atoms with van der Waals surface area (Å²) in [5, 5.41) is 2.53. The second kappa shape index (κ2) is 5.04. The molecule has 3 nitrogen and oxygen atoms in total. The maximum absolute atomic E-state index is 12.2. The molecule has 2 amide bonds. The molecule has 1 heterocycles. The van der Waals surface area contributed by atoms with E-state index in [0.717, 1.165) is 32.1 Å². The van der Waals surface area contributed by atoms with E-state index in [-0.39, 0.29) is 23.1 Å². The van der Waals surface area contributed by atoms with Gasteiger partial charge >= 0.3 is 0 Å². The second-order valence-electron chi connectivity index (χ2n) is 6.24. The Morgan fingerprint density at radius 1 is 1.20 bits per heavy atom. The van der Waals surface area contributed by atoms with Gasteiger partial charge in [-0.1, -0.05) is 37.6 Å². The predicted molar refractivity (Wildman–Crippen MR) is 77.1 cm³/mol. The average molecular weight is 271 g/mol. The minimum Gasteiger partial charge on any atom is -0.296 e. The number of fused-ring (bicyclic) bond motifs is 1. The fourth-order valence-corrected chi connectivity index (χ4v) is 3.99. The minimum atomic E-state index is -0.149. The normalized spacial score (nSPS) is 29.1. The Labute approximate surface area is 119 Å². The molecule has 1 saturated heterocycles. The zero-order chi connectivity index (χ0) is 14.2. The van der Waals surface area contributed by atoms with E-state index in [1.807, 2.05) is 0 Å². The number of hydrogen-bond acceptors (Lipinski definition) is 2. The largest absolute Gasteiger partial charge is 0.296 e. The van der Waals surface area contributed by atoms with Crippen molar-refractivity contribution in [3.63, 3.8) is 0 Å². The molecule has 1 aliphatic carbocycles. The molecule has 2 unspecified atom stereocenters. The molecule has 1 aromatic rings. The summed E-state index contributed by atoms with van der Waals surface area (Å²) in [6.07, 6.45) is 5.16. The number of carbonyl (C=O) groups is 2. The molecule has 3 rings (SSSR count). The van der Waals surface area contributed by atoms with Crippen LogP contribution in [0.1, 0.15) is 43.7 Å². The number of rotatable bonds is 2. The molecule has 0 bridgehead atoms. The zero-order valence-electron chi connectivity index (χ0n) is 11.9. The Hall–Kier alpha value is -1.64. The lowest BCUT2D eigenvalue weighted by molar-refractivity contribution is -0.144. The van der Waals surface area contributed by atoms with Crippen molar-refractivity contribution in [2.45, 2.75) is 45.4 Å². The van der Waals surface area contributed by atoms with E-state index in [9.17, 15) is 9.59 Å². The number of amides is 2. The van der Waals surface area contributed by atoms with Crippen LogP contribution in [0.4, 0.5) is 0 Å². The molecule has 1 N–H and O–H groups in total. The van der Waals surface area contributed by atoms with Crippen molar-refractivity contribution >= 4 is 11.8 Å². The highest BCUT2D eigenvalue weighted by Crippen LogP contribution is 2.47. The lowest BCUT2D eigenvalue weighted by atomic mass is 9.60. The average Bonchev–Trinajstić information content (AvgIpc) is 2.43. The number of imide groups is 1. The molecular weight excluding hydrogens is 250 g/mol. The maximum atomic E-state index is 12.2.